The van der Waals surface area contributed by atoms with Crippen LogP contribution in [-0.2, 0) is 0 Å². The zero-order chi connectivity index (χ0) is 33.7. The van der Waals surface area contributed by atoms with E-state index in [0.29, 0.717) is 6.17 Å². The molecule has 0 aromatic heterocycles. The second-order valence-corrected chi connectivity index (χ2v) is 15.7. The summed E-state index contributed by atoms with van der Waals surface area (Å²) in [5, 5.41) is 0. The van der Waals surface area contributed by atoms with Gasteiger partial charge in [-0.3, -0.25) is 0 Å². The monoisotopic (exact) mass is 659 g/mol. The lowest BCUT2D eigenvalue weighted by Crippen LogP contribution is -2.39. The standard InChI is InChI=1S/C45H90N2/c1-4-7-10-13-15-17-19-21-23-24-25-26-28-30-32-34-37-40-45-46(41-38-35-12-9-6-3)43-44-47(45)42-39-36-33-31-29-27-22-20-18-16-14-11-8-5-2/h43-45H,4-42H2,1-3H3. The summed E-state index contributed by atoms with van der Waals surface area (Å²) in [6, 6.07) is 0. The fraction of sp³-hybridized carbons (Fsp3) is 0.956. The largest absolute Gasteiger partial charge is 0.356 e. The third kappa shape index (κ3) is 28.8. The smallest absolute Gasteiger partial charge is 0.101 e. The molecule has 1 unspecified atom stereocenters. The van der Waals surface area contributed by atoms with Crippen molar-refractivity contribution >= 4 is 0 Å². The molecule has 47 heavy (non-hydrogen) atoms. The number of rotatable bonds is 39. The topological polar surface area (TPSA) is 6.48 Å². The molecule has 0 N–H and O–H groups in total. The first-order valence-corrected chi connectivity index (χ1v) is 22.5. The number of nitrogens with zero attached hydrogens (tertiary/aromatic N) is 2. The van der Waals surface area contributed by atoms with Crippen molar-refractivity contribution in [2.45, 2.75) is 265 Å². The van der Waals surface area contributed by atoms with Gasteiger partial charge in [-0.05, 0) is 25.7 Å². The van der Waals surface area contributed by atoms with E-state index < -0.39 is 0 Å². The van der Waals surface area contributed by atoms with E-state index in [9.17, 15) is 0 Å². The molecule has 1 rings (SSSR count). The molecule has 1 aliphatic heterocycles. The van der Waals surface area contributed by atoms with Crippen molar-refractivity contribution in [2.75, 3.05) is 13.1 Å². The Labute approximate surface area is 299 Å². The van der Waals surface area contributed by atoms with Crippen LogP contribution in [0.15, 0.2) is 12.4 Å². The average Bonchev–Trinajstić information content (AvgIpc) is 3.47. The molecule has 0 amide bonds. The van der Waals surface area contributed by atoms with Gasteiger partial charge in [-0.15, -0.1) is 0 Å². The molecule has 2 nitrogen and oxygen atoms in total. The maximum Gasteiger partial charge on any atom is 0.101 e. The molecule has 1 aliphatic rings. The Morgan fingerprint density at radius 1 is 0.277 bits per heavy atom. The van der Waals surface area contributed by atoms with E-state index in [1.807, 2.05) is 0 Å². The Morgan fingerprint density at radius 3 is 0.745 bits per heavy atom. The minimum absolute atomic E-state index is 0.638. The normalized spacial score (nSPS) is 14.7. The number of hydrogen-bond donors (Lipinski definition) is 0. The van der Waals surface area contributed by atoms with Crippen LogP contribution in [0.1, 0.15) is 258 Å². The van der Waals surface area contributed by atoms with Gasteiger partial charge < -0.3 is 9.80 Å². The molecule has 0 fully saturated rings. The molecule has 0 radical (unpaired) electrons. The predicted octanol–water partition coefficient (Wildman–Crippen LogP) is 15.9. The maximum absolute atomic E-state index is 2.72. The summed E-state index contributed by atoms with van der Waals surface area (Å²) in [7, 11) is 0. The fourth-order valence-electron chi connectivity index (χ4n) is 7.78. The van der Waals surface area contributed by atoms with Gasteiger partial charge in [-0.1, -0.05) is 233 Å². The van der Waals surface area contributed by atoms with Gasteiger partial charge in [0.15, 0.2) is 0 Å². The van der Waals surface area contributed by atoms with Crippen molar-refractivity contribution in [3.05, 3.63) is 12.4 Å². The molecule has 0 aromatic carbocycles. The summed E-state index contributed by atoms with van der Waals surface area (Å²) in [5.74, 6) is 0. The average molecular weight is 659 g/mol. The van der Waals surface area contributed by atoms with Crippen molar-refractivity contribution in [1.29, 1.82) is 0 Å². The minimum Gasteiger partial charge on any atom is -0.356 e. The molecular weight excluding hydrogens is 569 g/mol. The SMILES string of the molecule is CCCCCCCCCCCCCCCCCCCC1N(CCCCCCC)C=CN1CCCCCCCCCCCCCCCC. The van der Waals surface area contributed by atoms with Gasteiger partial charge in [-0.25, -0.2) is 0 Å². The van der Waals surface area contributed by atoms with Gasteiger partial charge in [0.1, 0.15) is 6.17 Å². The molecular formula is C45H90N2. The first-order chi connectivity index (χ1) is 23.3. The van der Waals surface area contributed by atoms with Crippen LogP contribution < -0.4 is 0 Å². The molecule has 0 saturated carbocycles. The van der Waals surface area contributed by atoms with E-state index in [0.717, 1.165) is 0 Å². The van der Waals surface area contributed by atoms with Crippen molar-refractivity contribution < 1.29 is 0 Å². The van der Waals surface area contributed by atoms with E-state index in [2.05, 4.69) is 43.0 Å². The van der Waals surface area contributed by atoms with Gasteiger partial charge in [-0.2, -0.15) is 0 Å². The van der Waals surface area contributed by atoms with E-state index >= 15 is 0 Å². The summed E-state index contributed by atoms with van der Waals surface area (Å²) >= 11 is 0. The van der Waals surface area contributed by atoms with Crippen LogP contribution in [0, 0.1) is 0 Å². The zero-order valence-electron chi connectivity index (χ0n) is 33.2. The van der Waals surface area contributed by atoms with Crippen molar-refractivity contribution in [1.82, 2.24) is 9.80 Å². The zero-order valence-corrected chi connectivity index (χ0v) is 33.2. The predicted molar refractivity (Wildman–Crippen MR) is 214 cm³/mol. The highest BCUT2D eigenvalue weighted by Crippen LogP contribution is 2.24. The third-order valence-electron chi connectivity index (χ3n) is 11.1. The lowest BCUT2D eigenvalue weighted by molar-refractivity contribution is 0.135. The molecule has 1 heterocycles. The van der Waals surface area contributed by atoms with E-state index in [-0.39, 0.29) is 0 Å². The van der Waals surface area contributed by atoms with E-state index in [1.54, 1.807) is 0 Å². The quantitative estimate of drug-likeness (QED) is 0.0606. The number of hydrogen-bond acceptors (Lipinski definition) is 2. The third-order valence-corrected chi connectivity index (χ3v) is 11.1. The Hall–Kier alpha value is -0.660. The highest BCUT2D eigenvalue weighted by molar-refractivity contribution is 4.97. The van der Waals surface area contributed by atoms with Gasteiger partial charge in [0, 0.05) is 25.5 Å². The first kappa shape index (κ1) is 44.4. The van der Waals surface area contributed by atoms with Crippen LogP contribution in [-0.4, -0.2) is 29.1 Å². The summed E-state index contributed by atoms with van der Waals surface area (Å²) in [6.45, 7) is 9.48. The van der Waals surface area contributed by atoms with E-state index in [1.165, 1.54) is 251 Å². The first-order valence-electron chi connectivity index (χ1n) is 22.5. The van der Waals surface area contributed by atoms with Gasteiger partial charge in [0.2, 0.25) is 0 Å². The molecule has 2 heteroatoms. The Morgan fingerprint density at radius 2 is 0.489 bits per heavy atom. The van der Waals surface area contributed by atoms with Gasteiger partial charge >= 0.3 is 0 Å². The summed E-state index contributed by atoms with van der Waals surface area (Å²) < 4.78 is 0. The molecule has 0 bridgehead atoms. The minimum atomic E-state index is 0.638. The van der Waals surface area contributed by atoms with Crippen LogP contribution in [0.25, 0.3) is 0 Å². The molecule has 280 valence electrons. The van der Waals surface area contributed by atoms with Crippen molar-refractivity contribution in [3.63, 3.8) is 0 Å². The van der Waals surface area contributed by atoms with E-state index in [4.69, 9.17) is 0 Å². The summed E-state index contributed by atoms with van der Waals surface area (Å²) in [4.78, 5) is 5.43. The lowest BCUT2D eigenvalue weighted by atomic mass is 10.0. The molecule has 0 aliphatic carbocycles. The maximum atomic E-state index is 2.72. The Balaban J connectivity index is 2.10. The van der Waals surface area contributed by atoms with Crippen LogP contribution in [0.5, 0.6) is 0 Å². The lowest BCUT2D eigenvalue weighted by Gasteiger charge is -2.33. The number of unbranched alkanes of at least 4 members (excludes halogenated alkanes) is 33. The summed E-state index contributed by atoms with van der Waals surface area (Å²) in [5.41, 5.74) is 0. The van der Waals surface area contributed by atoms with Crippen molar-refractivity contribution in [2.24, 2.45) is 0 Å². The van der Waals surface area contributed by atoms with Gasteiger partial charge in [0.05, 0.1) is 0 Å². The van der Waals surface area contributed by atoms with Crippen LogP contribution in [0.4, 0.5) is 0 Å². The Kier molecular flexibility index (Phi) is 34.6. The van der Waals surface area contributed by atoms with Crippen molar-refractivity contribution in [3.8, 4) is 0 Å². The highest BCUT2D eigenvalue weighted by atomic mass is 15.4. The molecule has 1 atom stereocenters. The second-order valence-electron chi connectivity index (χ2n) is 15.7. The fourth-order valence-corrected chi connectivity index (χ4v) is 7.78. The Bertz CT molecular complexity index is 615. The molecule has 0 aromatic rings. The van der Waals surface area contributed by atoms with Gasteiger partial charge in [0.25, 0.3) is 0 Å². The summed E-state index contributed by atoms with van der Waals surface area (Å²) in [6.07, 6.45) is 58.9. The van der Waals surface area contributed by atoms with Crippen LogP contribution in [0.3, 0.4) is 0 Å². The molecule has 0 saturated heterocycles. The second kappa shape index (κ2) is 36.6. The van der Waals surface area contributed by atoms with Crippen LogP contribution in [0.2, 0.25) is 0 Å². The molecule has 0 spiro atoms. The van der Waals surface area contributed by atoms with Crippen LogP contribution >= 0.6 is 0 Å². The highest BCUT2D eigenvalue weighted by Gasteiger charge is 2.24.